The maximum absolute atomic E-state index is 11.8. The van der Waals surface area contributed by atoms with E-state index in [1.165, 1.54) is 0 Å². The SMILES string of the molecule is Cc1ccc(NC(=O)C2(C#N)CC2)cc1Br. The van der Waals surface area contributed by atoms with Crippen molar-refractivity contribution in [2.75, 3.05) is 5.32 Å². The van der Waals surface area contributed by atoms with Crippen LogP contribution in [0.15, 0.2) is 22.7 Å². The van der Waals surface area contributed by atoms with Gasteiger partial charge in [-0.05, 0) is 37.5 Å². The van der Waals surface area contributed by atoms with E-state index in [2.05, 4.69) is 27.3 Å². The van der Waals surface area contributed by atoms with Gasteiger partial charge in [-0.2, -0.15) is 5.26 Å². The van der Waals surface area contributed by atoms with Crippen LogP contribution in [0, 0.1) is 23.7 Å². The molecule has 0 spiro atoms. The zero-order valence-corrected chi connectivity index (χ0v) is 10.5. The molecule has 1 amide bonds. The van der Waals surface area contributed by atoms with Gasteiger partial charge >= 0.3 is 0 Å². The highest BCUT2D eigenvalue weighted by molar-refractivity contribution is 9.10. The molecule has 82 valence electrons. The molecule has 0 atom stereocenters. The summed E-state index contributed by atoms with van der Waals surface area (Å²) >= 11 is 3.40. The molecule has 0 heterocycles. The first kappa shape index (κ1) is 11.2. The highest BCUT2D eigenvalue weighted by Crippen LogP contribution is 2.45. The van der Waals surface area contributed by atoms with Crippen molar-refractivity contribution in [2.24, 2.45) is 5.41 Å². The molecule has 0 aliphatic heterocycles. The normalized spacial score (nSPS) is 16.3. The summed E-state index contributed by atoms with van der Waals surface area (Å²) in [6, 6.07) is 7.68. The zero-order chi connectivity index (χ0) is 11.8. The highest BCUT2D eigenvalue weighted by Gasteiger charge is 2.50. The number of rotatable bonds is 2. The minimum atomic E-state index is -0.767. The van der Waals surface area contributed by atoms with Crippen molar-refractivity contribution in [1.82, 2.24) is 0 Å². The zero-order valence-electron chi connectivity index (χ0n) is 8.88. The van der Waals surface area contributed by atoms with Gasteiger partial charge in [-0.25, -0.2) is 0 Å². The van der Waals surface area contributed by atoms with Crippen LogP contribution in [0.1, 0.15) is 18.4 Å². The van der Waals surface area contributed by atoms with Crippen molar-refractivity contribution < 1.29 is 4.79 Å². The summed E-state index contributed by atoms with van der Waals surface area (Å²) in [5.41, 5.74) is 1.07. The number of hydrogen-bond donors (Lipinski definition) is 1. The Morgan fingerprint density at radius 3 is 2.75 bits per heavy atom. The molecule has 1 N–H and O–H groups in total. The van der Waals surface area contributed by atoms with Gasteiger partial charge in [0.05, 0.1) is 6.07 Å². The monoisotopic (exact) mass is 278 g/mol. The highest BCUT2D eigenvalue weighted by atomic mass is 79.9. The number of amides is 1. The molecule has 1 fully saturated rings. The van der Waals surface area contributed by atoms with Gasteiger partial charge in [0, 0.05) is 10.2 Å². The molecule has 0 bridgehead atoms. The van der Waals surface area contributed by atoms with Crippen LogP contribution in [-0.2, 0) is 4.79 Å². The van der Waals surface area contributed by atoms with Crippen molar-refractivity contribution in [3.63, 3.8) is 0 Å². The maximum Gasteiger partial charge on any atom is 0.244 e. The molecule has 0 radical (unpaired) electrons. The molecule has 1 aromatic rings. The smallest absolute Gasteiger partial charge is 0.244 e. The second-order valence-electron chi connectivity index (χ2n) is 4.11. The molecule has 2 rings (SSSR count). The van der Waals surface area contributed by atoms with E-state index < -0.39 is 5.41 Å². The predicted octanol–water partition coefficient (Wildman–Crippen LogP) is 3.00. The lowest BCUT2D eigenvalue weighted by Gasteiger charge is -2.09. The first-order valence-electron chi connectivity index (χ1n) is 5.06. The number of anilines is 1. The number of nitrogens with one attached hydrogen (secondary N) is 1. The quantitative estimate of drug-likeness (QED) is 0.904. The molecule has 1 aliphatic rings. The van der Waals surface area contributed by atoms with Crippen molar-refractivity contribution in [2.45, 2.75) is 19.8 Å². The Morgan fingerprint density at radius 2 is 2.25 bits per heavy atom. The summed E-state index contributed by atoms with van der Waals surface area (Å²) < 4.78 is 0.951. The standard InChI is InChI=1S/C12H11BrN2O/c1-8-2-3-9(6-10(8)13)15-11(16)12(7-14)4-5-12/h2-3,6H,4-5H2,1H3,(H,15,16). The van der Waals surface area contributed by atoms with Gasteiger partial charge in [-0.15, -0.1) is 0 Å². The molecule has 1 saturated carbocycles. The first-order chi connectivity index (χ1) is 7.57. The topological polar surface area (TPSA) is 52.9 Å². The van der Waals surface area contributed by atoms with Crippen LogP contribution < -0.4 is 5.32 Å². The molecule has 0 aromatic heterocycles. The van der Waals surface area contributed by atoms with Crippen molar-refractivity contribution in [3.8, 4) is 6.07 Å². The van der Waals surface area contributed by atoms with Crippen LogP contribution in [-0.4, -0.2) is 5.91 Å². The Morgan fingerprint density at radius 1 is 1.56 bits per heavy atom. The Labute approximate surface area is 103 Å². The molecule has 16 heavy (non-hydrogen) atoms. The van der Waals surface area contributed by atoms with E-state index in [9.17, 15) is 4.79 Å². The third kappa shape index (κ3) is 1.96. The van der Waals surface area contributed by atoms with E-state index in [1.54, 1.807) is 0 Å². The molecular formula is C12H11BrN2O. The van der Waals surface area contributed by atoms with Crippen LogP contribution in [0.5, 0.6) is 0 Å². The lowest BCUT2D eigenvalue weighted by molar-refractivity contribution is -0.119. The number of carbonyl (C=O) groups excluding carboxylic acids is 1. The van der Waals surface area contributed by atoms with E-state index >= 15 is 0 Å². The number of nitriles is 1. The third-order valence-corrected chi connectivity index (χ3v) is 3.68. The van der Waals surface area contributed by atoms with Gasteiger partial charge in [0.15, 0.2) is 0 Å². The fourth-order valence-electron chi connectivity index (χ4n) is 1.44. The Kier molecular flexibility index (Phi) is 2.73. The number of carbonyl (C=O) groups is 1. The third-order valence-electron chi connectivity index (χ3n) is 2.83. The van der Waals surface area contributed by atoms with Crippen LogP contribution in [0.2, 0.25) is 0 Å². The lowest BCUT2D eigenvalue weighted by atomic mass is 10.1. The minimum Gasteiger partial charge on any atom is -0.325 e. The number of halogens is 1. The van der Waals surface area contributed by atoms with Crippen LogP contribution in [0.25, 0.3) is 0 Å². The summed E-state index contributed by atoms with van der Waals surface area (Å²) in [6.45, 7) is 1.98. The molecule has 1 aromatic carbocycles. The van der Waals surface area contributed by atoms with Crippen molar-refractivity contribution in [1.29, 1.82) is 5.26 Å². The molecule has 4 heteroatoms. The summed E-state index contributed by atoms with van der Waals surface area (Å²) in [4.78, 5) is 11.8. The molecule has 1 aliphatic carbocycles. The fraction of sp³-hybridized carbons (Fsp3) is 0.333. The van der Waals surface area contributed by atoms with E-state index in [-0.39, 0.29) is 5.91 Å². The first-order valence-corrected chi connectivity index (χ1v) is 5.85. The number of hydrogen-bond acceptors (Lipinski definition) is 2. The average Bonchev–Trinajstić information content (AvgIpc) is 3.04. The predicted molar refractivity (Wildman–Crippen MR) is 64.8 cm³/mol. The minimum absolute atomic E-state index is 0.189. The fourth-order valence-corrected chi connectivity index (χ4v) is 1.81. The number of aryl methyl sites for hydroxylation is 1. The molecule has 3 nitrogen and oxygen atoms in total. The van der Waals surface area contributed by atoms with Crippen LogP contribution in [0.4, 0.5) is 5.69 Å². The van der Waals surface area contributed by atoms with Gasteiger partial charge in [-0.1, -0.05) is 22.0 Å². The number of benzene rings is 1. The van der Waals surface area contributed by atoms with Gasteiger partial charge in [0.1, 0.15) is 5.41 Å². The Hall–Kier alpha value is -1.34. The van der Waals surface area contributed by atoms with Crippen LogP contribution >= 0.6 is 15.9 Å². The van der Waals surface area contributed by atoms with Crippen LogP contribution in [0.3, 0.4) is 0 Å². The summed E-state index contributed by atoms with van der Waals surface area (Å²) in [6.07, 6.45) is 1.34. The summed E-state index contributed by atoms with van der Waals surface area (Å²) in [7, 11) is 0. The summed E-state index contributed by atoms with van der Waals surface area (Å²) in [5, 5.41) is 11.7. The van der Waals surface area contributed by atoms with Gasteiger partial charge in [-0.3, -0.25) is 4.79 Å². The Bertz CT molecular complexity index is 486. The van der Waals surface area contributed by atoms with E-state index in [4.69, 9.17) is 5.26 Å². The van der Waals surface area contributed by atoms with E-state index in [0.717, 1.165) is 15.7 Å². The second kappa shape index (κ2) is 3.91. The molecular weight excluding hydrogens is 268 g/mol. The van der Waals surface area contributed by atoms with Crippen molar-refractivity contribution >= 4 is 27.5 Å². The molecule has 0 unspecified atom stereocenters. The van der Waals surface area contributed by atoms with Gasteiger partial charge in [0.2, 0.25) is 5.91 Å². The maximum atomic E-state index is 11.8. The largest absolute Gasteiger partial charge is 0.325 e. The van der Waals surface area contributed by atoms with E-state index in [0.29, 0.717) is 12.8 Å². The second-order valence-corrected chi connectivity index (χ2v) is 4.97. The average molecular weight is 279 g/mol. The van der Waals surface area contributed by atoms with Gasteiger partial charge < -0.3 is 5.32 Å². The molecule has 0 saturated heterocycles. The van der Waals surface area contributed by atoms with Crippen molar-refractivity contribution in [3.05, 3.63) is 28.2 Å². The van der Waals surface area contributed by atoms with E-state index in [1.807, 2.05) is 25.1 Å². The Balaban J connectivity index is 2.13. The van der Waals surface area contributed by atoms with Gasteiger partial charge in [0.25, 0.3) is 0 Å². The summed E-state index contributed by atoms with van der Waals surface area (Å²) in [5.74, 6) is -0.189. The lowest BCUT2D eigenvalue weighted by Crippen LogP contribution is -2.22. The number of nitrogens with zero attached hydrogens (tertiary/aromatic N) is 1.